The second-order valence-corrected chi connectivity index (χ2v) is 10.9. The van der Waals surface area contributed by atoms with Gasteiger partial charge in [-0.2, -0.15) is 0 Å². The Balaban J connectivity index is 2.49. The Morgan fingerprint density at radius 3 is 1.91 bits per heavy atom. The zero-order valence-corrected chi connectivity index (χ0v) is 23.1. The number of hydrogen-bond donors (Lipinski definition) is 2. The molecule has 1 amide bonds. The van der Waals surface area contributed by atoms with Crippen LogP contribution < -0.4 is 5.32 Å². The van der Waals surface area contributed by atoms with Gasteiger partial charge in [0.05, 0.1) is 19.3 Å². The van der Waals surface area contributed by atoms with Gasteiger partial charge in [-0.05, 0) is 44.4 Å². The Morgan fingerprint density at radius 2 is 1.40 bits per heavy atom. The highest BCUT2D eigenvalue weighted by atomic mass is 31.2. The van der Waals surface area contributed by atoms with E-state index in [0.717, 1.165) is 18.4 Å². The van der Waals surface area contributed by atoms with Gasteiger partial charge in [-0.15, -0.1) is 0 Å². The Morgan fingerprint density at radius 1 is 0.886 bits per heavy atom. The van der Waals surface area contributed by atoms with Gasteiger partial charge in [-0.25, -0.2) is 0 Å². The number of nitrogens with one attached hydrogen (secondary N) is 1. The average Bonchev–Trinajstić information content (AvgIpc) is 2.83. The topological polar surface area (TPSA) is 84.9 Å². The second kappa shape index (κ2) is 19.6. The maximum atomic E-state index is 12.8. The quantitative estimate of drug-likeness (QED) is 0.130. The van der Waals surface area contributed by atoms with Crippen molar-refractivity contribution in [1.82, 2.24) is 5.32 Å². The molecule has 0 aliphatic carbocycles. The van der Waals surface area contributed by atoms with Gasteiger partial charge >= 0.3 is 7.60 Å². The minimum atomic E-state index is -3.35. The molecule has 0 unspecified atom stereocenters. The van der Waals surface area contributed by atoms with Crippen molar-refractivity contribution in [3.63, 3.8) is 0 Å². The summed E-state index contributed by atoms with van der Waals surface area (Å²) in [5.41, 5.74) is 0.954. The van der Waals surface area contributed by atoms with Crippen molar-refractivity contribution in [2.24, 2.45) is 0 Å². The molecule has 0 saturated heterocycles. The second-order valence-electron chi connectivity index (χ2n) is 9.05. The molecule has 0 radical (unpaired) electrons. The summed E-state index contributed by atoms with van der Waals surface area (Å²) >= 11 is 0. The van der Waals surface area contributed by atoms with E-state index in [1.165, 1.54) is 63.6 Å². The molecule has 0 spiro atoms. The molecule has 1 aromatic rings. The maximum absolute atomic E-state index is 12.8. The van der Waals surface area contributed by atoms with E-state index in [1.54, 1.807) is 32.1 Å². The summed E-state index contributed by atoms with van der Waals surface area (Å²) in [5.74, 6) is 1.63. The highest BCUT2D eigenvalue weighted by Crippen LogP contribution is 2.49. The lowest BCUT2D eigenvalue weighted by atomic mass is 10.0. The van der Waals surface area contributed by atoms with Crippen molar-refractivity contribution in [2.75, 3.05) is 13.2 Å². The summed E-state index contributed by atoms with van der Waals surface area (Å²) in [6, 6.07) is 6.52. The van der Waals surface area contributed by atoms with Crippen molar-refractivity contribution < 1.29 is 23.5 Å². The van der Waals surface area contributed by atoms with Crippen molar-refractivity contribution in [1.29, 1.82) is 0 Å². The molecule has 2 N–H and O–H groups in total. The van der Waals surface area contributed by atoms with E-state index in [-0.39, 0.29) is 30.9 Å². The standard InChI is InChI=1S/C28H48NO5P/c1-4-7-8-9-10-11-12-13-14-15-16-17-28(31)29-26(24-25-18-20-27(30)21-19-25)22-23-35(32,33-5-2)34-6-3/h18-23,26,30H,4-17,24H2,1-3H3,(H,29,31)/b23-22+/t26-/m1/s1. The highest BCUT2D eigenvalue weighted by Gasteiger charge is 2.20. The summed E-state index contributed by atoms with van der Waals surface area (Å²) in [6.07, 6.45) is 16.4. The zero-order valence-electron chi connectivity index (χ0n) is 22.2. The van der Waals surface area contributed by atoms with E-state index in [2.05, 4.69) is 12.2 Å². The molecule has 0 aliphatic heterocycles. The van der Waals surface area contributed by atoms with Crippen LogP contribution >= 0.6 is 7.60 Å². The molecule has 7 heteroatoms. The predicted octanol–water partition coefficient (Wildman–Crippen LogP) is 7.90. The first-order valence-electron chi connectivity index (χ1n) is 13.6. The fraction of sp³-hybridized carbons (Fsp3) is 0.679. The number of unbranched alkanes of at least 4 members (excludes halogenated alkanes) is 10. The first-order chi connectivity index (χ1) is 16.9. The number of benzene rings is 1. The van der Waals surface area contributed by atoms with Crippen LogP contribution in [0.1, 0.15) is 103 Å². The first kappa shape index (κ1) is 31.4. The lowest BCUT2D eigenvalue weighted by molar-refractivity contribution is -0.121. The molecular weight excluding hydrogens is 461 g/mol. The average molecular weight is 510 g/mol. The van der Waals surface area contributed by atoms with Crippen LogP contribution in [0.3, 0.4) is 0 Å². The molecule has 1 aromatic carbocycles. The molecule has 0 bridgehead atoms. The summed E-state index contributed by atoms with van der Waals surface area (Å²) in [5, 5.41) is 12.6. The van der Waals surface area contributed by atoms with Crippen LogP contribution in [-0.4, -0.2) is 30.3 Å². The van der Waals surface area contributed by atoms with Crippen LogP contribution in [0.25, 0.3) is 0 Å². The fourth-order valence-corrected chi connectivity index (χ4v) is 5.36. The van der Waals surface area contributed by atoms with Crippen LogP contribution in [0.4, 0.5) is 0 Å². The monoisotopic (exact) mass is 509 g/mol. The van der Waals surface area contributed by atoms with Crippen molar-refractivity contribution in [3.8, 4) is 5.75 Å². The molecule has 0 fully saturated rings. The van der Waals surface area contributed by atoms with E-state index >= 15 is 0 Å². The van der Waals surface area contributed by atoms with Crippen molar-refractivity contribution in [2.45, 2.75) is 110 Å². The number of aromatic hydroxyl groups is 1. The van der Waals surface area contributed by atoms with Gasteiger partial charge < -0.3 is 19.5 Å². The summed E-state index contributed by atoms with van der Waals surface area (Å²) < 4.78 is 23.5. The minimum Gasteiger partial charge on any atom is -0.508 e. The Labute approximate surface area is 213 Å². The van der Waals surface area contributed by atoms with Crippen LogP contribution in [0.15, 0.2) is 36.2 Å². The van der Waals surface area contributed by atoms with Gasteiger partial charge in [-0.1, -0.05) is 89.3 Å². The smallest absolute Gasteiger partial charge is 0.353 e. The molecule has 0 aliphatic rings. The number of phenols is 1. The number of amides is 1. The van der Waals surface area contributed by atoms with Gasteiger partial charge in [-0.3, -0.25) is 9.36 Å². The Hall–Kier alpha value is -1.62. The Kier molecular flexibility index (Phi) is 17.5. The lowest BCUT2D eigenvalue weighted by Crippen LogP contribution is -2.34. The van der Waals surface area contributed by atoms with Gasteiger partial charge in [0.2, 0.25) is 5.91 Å². The molecule has 6 nitrogen and oxygen atoms in total. The molecule has 0 heterocycles. The third kappa shape index (κ3) is 15.9. The SMILES string of the molecule is CCCCCCCCCCCCCC(=O)N[C@H](/C=C/P(=O)(OCC)OCC)Cc1ccc(O)cc1. The van der Waals surface area contributed by atoms with Crippen LogP contribution in [-0.2, 0) is 24.8 Å². The van der Waals surface area contributed by atoms with Crippen LogP contribution in [0.2, 0.25) is 0 Å². The molecule has 1 atom stereocenters. The van der Waals surface area contributed by atoms with Gasteiger partial charge in [0.1, 0.15) is 5.75 Å². The van der Waals surface area contributed by atoms with Gasteiger partial charge in [0.15, 0.2) is 0 Å². The molecule has 200 valence electrons. The van der Waals surface area contributed by atoms with Gasteiger partial charge in [0.25, 0.3) is 0 Å². The number of carbonyl (C=O) groups is 1. The highest BCUT2D eigenvalue weighted by molar-refractivity contribution is 7.57. The van der Waals surface area contributed by atoms with E-state index in [4.69, 9.17) is 9.05 Å². The van der Waals surface area contributed by atoms with E-state index < -0.39 is 7.60 Å². The van der Waals surface area contributed by atoms with Crippen molar-refractivity contribution in [3.05, 3.63) is 41.7 Å². The van der Waals surface area contributed by atoms with Crippen LogP contribution in [0, 0.1) is 0 Å². The predicted molar refractivity (Wildman–Crippen MR) is 145 cm³/mol. The van der Waals surface area contributed by atoms with Crippen LogP contribution in [0.5, 0.6) is 5.75 Å². The Bertz CT molecular complexity index is 740. The third-order valence-corrected chi connectivity index (χ3v) is 7.64. The number of hydrogen-bond acceptors (Lipinski definition) is 5. The molecule has 0 aromatic heterocycles. The zero-order chi connectivity index (χ0) is 25.8. The summed E-state index contributed by atoms with van der Waals surface area (Å²) in [4.78, 5) is 12.6. The van der Waals surface area contributed by atoms with Crippen molar-refractivity contribution >= 4 is 13.5 Å². The third-order valence-electron chi connectivity index (χ3n) is 5.86. The van der Waals surface area contributed by atoms with E-state index in [1.807, 2.05) is 12.1 Å². The normalized spacial score (nSPS) is 12.8. The number of carbonyl (C=O) groups excluding carboxylic acids is 1. The van der Waals surface area contributed by atoms with Gasteiger partial charge in [0, 0.05) is 12.2 Å². The number of rotatable bonds is 21. The molecular formula is C28H48NO5P. The maximum Gasteiger partial charge on any atom is 0.353 e. The largest absolute Gasteiger partial charge is 0.508 e. The molecule has 1 rings (SSSR count). The minimum absolute atomic E-state index is 0.0167. The van der Waals surface area contributed by atoms with E-state index in [9.17, 15) is 14.5 Å². The number of phenolic OH excluding ortho intramolecular Hbond substituents is 1. The van der Waals surface area contributed by atoms with E-state index in [0.29, 0.717) is 12.8 Å². The molecule has 0 saturated carbocycles. The summed E-state index contributed by atoms with van der Waals surface area (Å²) in [6.45, 7) is 6.33. The lowest BCUT2D eigenvalue weighted by Gasteiger charge is -2.18. The molecule has 35 heavy (non-hydrogen) atoms. The first-order valence-corrected chi connectivity index (χ1v) is 15.2. The fourth-order valence-electron chi connectivity index (χ4n) is 3.97. The summed E-state index contributed by atoms with van der Waals surface area (Å²) in [7, 11) is -3.35.